The fourth-order valence-corrected chi connectivity index (χ4v) is 4.10. The molecule has 0 radical (unpaired) electrons. The predicted molar refractivity (Wildman–Crippen MR) is 149 cm³/mol. The van der Waals surface area contributed by atoms with E-state index in [1.54, 1.807) is 36.4 Å². The number of nitrogens with one attached hydrogen (secondary N) is 1. The highest BCUT2D eigenvalue weighted by molar-refractivity contribution is 9.10. The van der Waals surface area contributed by atoms with Crippen molar-refractivity contribution < 1.29 is 18.7 Å². The Bertz CT molecular complexity index is 1570. The van der Waals surface area contributed by atoms with E-state index in [0.717, 1.165) is 10.9 Å². The van der Waals surface area contributed by atoms with E-state index in [1.165, 1.54) is 36.2 Å². The molecule has 10 heteroatoms. The second-order valence-corrected chi connectivity index (χ2v) is 9.41. The maximum Gasteiger partial charge on any atom is 0.282 e. The smallest absolute Gasteiger partial charge is 0.282 e. The Kier molecular flexibility index (Phi) is 8.52. The molecule has 0 saturated heterocycles. The van der Waals surface area contributed by atoms with Gasteiger partial charge < -0.3 is 14.8 Å². The third-order valence-corrected chi connectivity index (χ3v) is 6.42. The standard InChI is InChI=1S/C28H26BrFN4O4/c1-4-17(2)27-33-22-13-12-19(29)14-20(22)28(36)34(27)31-15-18-8-7-11-24(37-3)26(18)38-16-25(35)32-23-10-6-5-9-21(23)30/h5-15,17H,4,16H2,1-3H3,(H,32,35)/t17-/m0/s1. The van der Waals surface area contributed by atoms with E-state index in [9.17, 15) is 14.0 Å². The summed E-state index contributed by atoms with van der Waals surface area (Å²) in [6.45, 7) is 3.59. The summed E-state index contributed by atoms with van der Waals surface area (Å²) in [5.74, 6) is 0.00185. The van der Waals surface area contributed by atoms with Crippen molar-refractivity contribution in [2.45, 2.75) is 26.2 Å². The first-order valence-electron chi connectivity index (χ1n) is 11.9. The van der Waals surface area contributed by atoms with E-state index in [4.69, 9.17) is 14.5 Å². The monoisotopic (exact) mass is 580 g/mol. The Hall–Kier alpha value is -4.05. The number of anilines is 1. The topological polar surface area (TPSA) is 94.8 Å². The summed E-state index contributed by atoms with van der Waals surface area (Å²) in [6.07, 6.45) is 2.22. The number of carbonyl (C=O) groups excluding carboxylic acids is 1. The van der Waals surface area contributed by atoms with Gasteiger partial charge in [-0.2, -0.15) is 9.78 Å². The molecule has 0 aliphatic carbocycles. The summed E-state index contributed by atoms with van der Waals surface area (Å²) in [5.41, 5.74) is 0.804. The molecule has 4 aromatic rings. The SMILES string of the molecule is CC[C@H](C)c1nc2ccc(Br)cc2c(=O)n1N=Cc1cccc(OC)c1OCC(=O)Nc1ccccc1F. The number of hydrogen-bond donors (Lipinski definition) is 1. The van der Waals surface area contributed by atoms with Crippen molar-refractivity contribution in [3.05, 3.63) is 92.7 Å². The van der Waals surface area contributed by atoms with Crippen LogP contribution in [0.25, 0.3) is 10.9 Å². The number of ether oxygens (including phenoxy) is 2. The average molecular weight is 581 g/mol. The first-order chi connectivity index (χ1) is 18.3. The molecule has 1 heterocycles. The summed E-state index contributed by atoms with van der Waals surface area (Å²) in [7, 11) is 1.47. The Morgan fingerprint density at radius 1 is 1.21 bits per heavy atom. The predicted octanol–water partition coefficient (Wildman–Crippen LogP) is 5.72. The maximum absolute atomic E-state index is 13.9. The summed E-state index contributed by atoms with van der Waals surface area (Å²) in [6, 6.07) is 16.3. The zero-order valence-electron chi connectivity index (χ0n) is 21.1. The van der Waals surface area contributed by atoms with E-state index in [0.29, 0.717) is 28.0 Å². The van der Waals surface area contributed by atoms with Crippen LogP contribution in [0.5, 0.6) is 11.5 Å². The fourth-order valence-electron chi connectivity index (χ4n) is 3.74. The molecule has 3 aromatic carbocycles. The number of hydrogen-bond acceptors (Lipinski definition) is 6. The molecule has 1 amide bonds. The molecule has 1 aromatic heterocycles. The second-order valence-electron chi connectivity index (χ2n) is 8.50. The van der Waals surface area contributed by atoms with Crippen LogP contribution in [-0.2, 0) is 4.79 Å². The molecule has 1 atom stereocenters. The van der Waals surface area contributed by atoms with Crippen LogP contribution in [0.4, 0.5) is 10.1 Å². The quantitative estimate of drug-likeness (QED) is 0.255. The molecule has 0 unspecified atom stereocenters. The summed E-state index contributed by atoms with van der Waals surface area (Å²) < 4.78 is 27.1. The van der Waals surface area contributed by atoms with Crippen LogP contribution in [0.1, 0.15) is 37.6 Å². The molecule has 8 nitrogen and oxygen atoms in total. The first kappa shape index (κ1) is 27.0. The van der Waals surface area contributed by atoms with E-state index < -0.39 is 18.3 Å². The van der Waals surface area contributed by atoms with Gasteiger partial charge in [-0.05, 0) is 48.9 Å². The lowest BCUT2D eigenvalue weighted by Crippen LogP contribution is -2.24. The van der Waals surface area contributed by atoms with Crippen LogP contribution in [0.2, 0.25) is 0 Å². The van der Waals surface area contributed by atoms with Crippen LogP contribution in [0.15, 0.2) is 75.0 Å². The second kappa shape index (κ2) is 12.0. The molecule has 0 bridgehead atoms. The van der Waals surface area contributed by atoms with E-state index >= 15 is 0 Å². The lowest BCUT2D eigenvalue weighted by Gasteiger charge is -2.15. The van der Waals surface area contributed by atoms with Gasteiger partial charge in [0.2, 0.25) is 0 Å². The number of para-hydroxylation sites is 2. The van der Waals surface area contributed by atoms with Gasteiger partial charge in [0.1, 0.15) is 11.6 Å². The van der Waals surface area contributed by atoms with Crippen molar-refractivity contribution >= 4 is 44.6 Å². The normalized spacial score (nSPS) is 12.0. The molecule has 0 fully saturated rings. The number of nitrogens with zero attached hydrogens (tertiary/aromatic N) is 3. The Morgan fingerprint density at radius 3 is 2.74 bits per heavy atom. The van der Waals surface area contributed by atoms with Gasteiger partial charge in [0.15, 0.2) is 18.1 Å². The van der Waals surface area contributed by atoms with Crippen molar-refractivity contribution in [1.29, 1.82) is 0 Å². The minimum absolute atomic E-state index is 0.0315. The lowest BCUT2D eigenvalue weighted by atomic mass is 10.1. The van der Waals surface area contributed by atoms with E-state index in [-0.39, 0.29) is 22.9 Å². The molecule has 0 spiro atoms. The Balaban J connectivity index is 1.68. The lowest BCUT2D eigenvalue weighted by molar-refractivity contribution is -0.118. The molecular formula is C28H26BrFN4O4. The van der Waals surface area contributed by atoms with Crippen molar-refractivity contribution in [3.63, 3.8) is 0 Å². The van der Waals surface area contributed by atoms with E-state index in [2.05, 4.69) is 26.3 Å². The van der Waals surface area contributed by atoms with Gasteiger partial charge in [0, 0.05) is 16.0 Å². The van der Waals surface area contributed by atoms with Gasteiger partial charge in [0.05, 0.1) is 29.9 Å². The van der Waals surface area contributed by atoms with Crippen LogP contribution in [0, 0.1) is 5.82 Å². The van der Waals surface area contributed by atoms with Gasteiger partial charge in [0.25, 0.3) is 11.5 Å². The number of benzene rings is 3. The van der Waals surface area contributed by atoms with Gasteiger partial charge in [-0.3, -0.25) is 9.59 Å². The first-order valence-corrected chi connectivity index (χ1v) is 12.7. The largest absolute Gasteiger partial charge is 0.493 e. The molecule has 1 N–H and O–H groups in total. The van der Waals surface area contributed by atoms with Crippen molar-refractivity contribution in [2.24, 2.45) is 5.10 Å². The van der Waals surface area contributed by atoms with Crippen molar-refractivity contribution in [1.82, 2.24) is 9.66 Å². The minimum atomic E-state index is -0.552. The highest BCUT2D eigenvalue weighted by atomic mass is 79.9. The number of fused-ring (bicyclic) bond motifs is 1. The summed E-state index contributed by atoms with van der Waals surface area (Å²) in [5, 5.41) is 7.39. The molecule has 0 aliphatic heterocycles. The van der Waals surface area contributed by atoms with Crippen LogP contribution < -0.4 is 20.3 Å². The molecule has 4 rings (SSSR count). The Labute approximate surface area is 227 Å². The van der Waals surface area contributed by atoms with Gasteiger partial charge in [-0.15, -0.1) is 0 Å². The number of rotatable bonds is 9. The fraction of sp³-hybridized carbons (Fsp3) is 0.214. The number of aromatic nitrogens is 2. The highest BCUT2D eigenvalue weighted by Crippen LogP contribution is 2.30. The third-order valence-electron chi connectivity index (χ3n) is 5.92. The highest BCUT2D eigenvalue weighted by Gasteiger charge is 2.17. The zero-order valence-corrected chi connectivity index (χ0v) is 22.7. The molecular weight excluding hydrogens is 555 g/mol. The summed E-state index contributed by atoms with van der Waals surface area (Å²) in [4.78, 5) is 30.6. The van der Waals surface area contributed by atoms with Gasteiger partial charge >= 0.3 is 0 Å². The minimum Gasteiger partial charge on any atom is -0.493 e. The average Bonchev–Trinajstić information content (AvgIpc) is 2.92. The van der Waals surface area contributed by atoms with Gasteiger partial charge in [-0.1, -0.05) is 48.0 Å². The maximum atomic E-state index is 13.9. The molecule has 196 valence electrons. The van der Waals surface area contributed by atoms with Crippen molar-refractivity contribution in [3.8, 4) is 11.5 Å². The molecule has 0 aliphatic rings. The zero-order chi connectivity index (χ0) is 27.2. The third kappa shape index (κ3) is 5.91. The number of methoxy groups -OCH3 is 1. The van der Waals surface area contributed by atoms with Crippen LogP contribution in [-0.4, -0.2) is 35.5 Å². The number of carbonyl (C=O) groups is 1. The molecule has 0 saturated carbocycles. The van der Waals surface area contributed by atoms with E-state index in [1.807, 2.05) is 19.9 Å². The number of halogens is 2. The van der Waals surface area contributed by atoms with Crippen LogP contribution in [0.3, 0.4) is 0 Å². The van der Waals surface area contributed by atoms with Crippen LogP contribution >= 0.6 is 15.9 Å². The molecule has 38 heavy (non-hydrogen) atoms. The number of amides is 1. The van der Waals surface area contributed by atoms with Crippen molar-refractivity contribution in [2.75, 3.05) is 19.0 Å². The summed E-state index contributed by atoms with van der Waals surface area (Å²) >= 11 is 3.41. The Morgan fingerprint density at radius 2 is 2.00 bits per heavy atom. The van der Waals surface area contributed by atoms with Gasteiger partial charge in [-0.25, -0.2) is 9.37 Å².